The largest absolute Gasteiger partial charge is 0.472 e. The summed E-state index contributed by atoms with van der Waals surface area (Å²) in [5.41, 5.74) is 0. The fraction of sp³-hybridized carbons (Fsp3) is 0.825. The van der Waals surface area contributed by atoms with E-state index in [0.717, 1.165) is 57.8 Å². The van der Waals surface area contributed by atoms with Gasteiger partial charge in [-0.25, -0.2) is 4.57 Å². The van der Waals surface area contributed by atoms with Crippen LogP contribution in [0.4, 0.5) is 0 Å². The Morgan fingerprint density at radius 2 is 1.14 bits per heavy atom. The molecule has 0 bridgehead atoms. The van der Waals surface area contributed by atoms with Crippen molar-refractivity contribution in [3.8, 4) is 0 Å². The van der Waals surface area contributed by atoms with E-state index in [2.05, 4.69) is 50.3 Å². The number of aliphatic hydroxyl groups excluding tert-OH is 2. The smallest absolute Gasteiger partial charge is 0.457 e. The van der Waals surface area contributed by atoms with E-state index in [1.54, 1.807) is 0 Å². The molecule has 0 fully saturated rings. The van der Waals surface area contributed by atoms with Crippen molar-refractivity contribution in [2.24, 2.45) is 0 Å². The first kappa shape index (κ1) is 48.7. The van der Waals surface area contributed by atoms with Crippen LogP contribution in [0, 0.1) is 0 Å². The first-order valence-corrected chi connectivity index (χ1v) is 21.5. The Balaban J connectivity index is 4.22. The normalized spacial score (nSPS) is 14.6. The van der Waals surface area contributed by atoms with Gasteiger partial charge in [0.2, 0.25) is 0 Å². The first-order valence-electron chi connectivity index (χ1n) is 20.0. The molecule has 0 rings (SSSR count). The summed E-state index contributed by atoms with van der Waals surface area (Å²) in [6.45, 7) is 3.37. The second-order valence-corrected chi connectivity index (χ2v) is 14.7. The maximum absolute atomic E-state index is 12.5. The molecular formula is C40H75O9P. The number of carbonyl (C=O) groups excluding carboxylic acids is 1. The molecule has 0 spiro atoms. The van der Waals surface area contributed by atoms with Gasteiger partial charge in [-0.2, -0.15) is 0 Å². The van der Waals surface area contributed by atoms with E-state index in [9.17, 15) is 19.4 Å². The third-order valence-corrected chi connectivity index (χ3v) is 9.29. The number of hydrogen-bond acceptors (Lipinski definition) is 8. The molecule has 0 heterocycles. The Hall–Kier alpha value is -1.32. The fourth-order valence-electron chi connectivity index (χ4n) is 5.31. The van der Waals surface area contributed by atoms with Gasteiger partial charge in [0.05, 0.1) is 26.4 Å². The quantitative estimate of drug-likeness (QED) is 0.0246. The maximum Gasteiger partial charge on any atom is 0.472 e. The average molecular weight is 731 g/mol. The number of ether oxygens (including phenoxy) is 2. The molecule has 3 atom stereocenters. The average Bonchev–Trinajstić information content (AvgIpc) is 3.10. The minimum atomic E-state index is -4.52. The van der Waals surface area contributed by atoms with Gasteiger partial charge in [0.25, 0.3) is 0 Å². The highest BCUT2D eigenvalue weighted by Crippen LogP contribution is 2.43. The van der Waals surface area contributed by atoms with Gasteiger partial charge in [-0.05, 0) is 44.9 Å². The van der Waals surface area contributed by atoms with Crippen molar-refractivity contribution in [3.63, 3.8) is 0 Å². The highest BCUT2D eigenvalue weighted by molar-refractivity contribution is 7.47. The molecule has 294 valence electrons. The van der Waals surface area contributed by atoms with E-state index in [4.69, 9.17) is 23.6 Å². The van der Waals surface area contributed by atoms with Gasteiger partial charge in [0.15, 0.2) is 0 Å². The van der Waals surface area contributed by atoms with Gasteiger partial charge >= 0.3 is 13.8 Å². The third-order valence-electron chi connectivity index (χ3n) is 8.34. The summed E-state index contributed by atoms with van der Waals surface area (Å²) in [5, 5.41) is 18.3. The van der Waals surface area contributed by atoms with E-state index in [1.807, 2.05) is 0 Å². The van der Waals surface area contributed by atoms with Crippen LogP contribution in [0.15, 0.2) is 36.5 Å². The topological polar surface area (TPSA) is 132 Å². The lowest BCUT2D eigenvalue weighted by Crippen LogP contribution is -2.29. The molecule has 3 N–H and O–H groups in total. The predicted molar refractivity (Wildman–Crippen MR) is 205 cm³/mol. The van der Waals surface area contributed by atoms with Crippen molar-refractivity contribution in [2.45, 2.75) is 180 Å². The number of unbranched alkanes of at least 4 members (excludes halogenated alkanes) is 18. The Kier molecular flexibility index (Phi) is 36.4. The van der Waals surface area contributed by atoms with Crippen LogP contribution < -0.4 is 0 Å². The van der Waals surface area contributed by atoms with Gasteiger partial charge < -0.3 is 24.6 Å². The Labute approximate surface area is 305 Å². The van der Waals surface area contributed by atoms with Crippen LogP contribution in [0.3, 0.4) is 0 Å². The number of phosphoric acid groups is 1. The van der Waals surface area contributed by atoms with E-state index in [-0.39, 0.29) is 19.6 Å². The van der Waals surface area contributed by atoms with Crippen LogP contribution >= 0.6 is 7.82 Å². The lowest BCUT2D eigenvalue weighted by Gasteiger charge is -2.20. The number of aliphatic hydroxyl groups is 2. The molecule has 0 radical (unpaired) electrons. The van der Waals surface area contributed by atoms with Gasteiger partial charge in [-0.1, -0.05) is 153 Å². The van der Waals surface area contributed by atoms with Crippen LogP contribution in [0.5, 0.6) is 0 Å². The van der Waals surface area contributed by atoms with E-state index >= 15 is 0 Å². The van der Waals surface area contributed by atoms with Crippen LogP contribution in [0.2, 0.25) is 0 Å². The molecule has 3 unspecified atom stereocenters. The third kappa shape index (κ3) is 36.5. The highest BCUT2D eigenvalue weighted by Gasteiger charge is 2.26. The molecule has 0 saturated carbocycles. The summed E-state index contributed by atoms with van der Waals surface area (Å²) < 4.78 is 33.2. The van der Waals surface area contributed by atoms with Crippen molar-refractivity contribution < 1.29 is 43.0 Å². The summed E-state index contributed by atoms with van der Waals surface area (Å²) in [4.78, 5) is 22.5. The number of hydrogen-bond donors (Lipinski definition) is 3. The van der Waals surface area contributed by atoms with Crippen molar-refractivity contribution >= 4 is 13.8 Å². The monoisotopic (exact) mass is 731 g/mol. The van der Waals surface area contributed by atoms with Crippen molar-refractivity contribution in [3.05, 3.63) is 36.5 Å². The van der Waals surface area contributed by atoms with E-state index < -0.39 is 39.2 Å². The molecule has 0 aliphatic carbocycles. The molecule has 50 heavy (non-hydrogen) atoms. The Morgan fingerprint density at radius 3 is 1.70 bits per heavy atom. The zero-order valence-corrected chi connectivity index (χ0v) is 32.8. The molecule has 9 nitrogen and oxygen atoms in total. The number of carbonyl (C=O) groups is 1. The second-order valence-electron chi connectivity index (χ2n) is 13.3. The van der Waals surface area contributed by atoms with Gasteiger partial charge in [-0.3, -0.25) is 13.8 Å². The van der Waals surface area contributed by atoms with Gasteiger partial charge in [0.1, 0.15) is 12.2 Å². The van der Waals surface area contributed by atoms with Crippen molar-refractivity contribution in [2.75, 3.05) is 33.0 Å². The number of rotatable bonds is 38. The number of phosphoric ester groups is 1. The van der Waals surface area contributed by atoms with Crippen LogP contribution in [-0.2, 0) is 27.9 Å². The summed E-state index contributed by atoms with van der Waals surface area (Å²) in [6, 6.07) is 0. The molecule has 0 aliphatic rings. The van der Waals surface area contributed by atoms with Crippen molar-refractivity contribution in [1.82, 2.24) is 0 Å². The fourth-order valence-corrected chi connectivity index (χ4v) is 6.10. The summed E-state index contributed by atoms with van der Waals surface area (Å²) >= 11 is 0. The molecule has 0 saturated heterocycles. The molecule has 0 aromatic carbocycles. The lowest BCUT2D eigenvalue weighted by atomic mass is 10.0. The first-order chi connectivity index (χ1) is 24.3. The molecule has 0 aromatic heterocycles. The van der Waals surface area contributed by atoms with Gasteiger partial charge in [-0.15, -0.1) is 0 Å². The standard InChI is InChI=1S/C40H75O9P/c1-3-5-7-9-11-13-15-17-18-19-21-23-25-27-29-31-33-46-36-39(37-48-50(44,45)47-35-38(42)34-41)49-40(43)32-30-28-26-24-22-20-16-14-12-10-8-6-4-2/h6,8,12,14,20,22,38-39,41-42H,3-5,7,9-11,13,15-19,21,23-37H2,1-2H3,(H,44,45)/b8-6-,14-12-,22-20-. The summed E-state index contributed by atoms with van der Waals surface area (Å²) in [7, 11) is -4.52. The summed E-state index contributed by atoms with van der Waals surface area (Å²) in [6.07, 6.45) is 38.2. The number of allylic oxidation sites excluding steroid dienone is 6. The van der Waals surface area contributed by atoms with E-state index in [1.165, 1.54) is 83.5 Å². The lowest BCUT2D eigenvalue weighted by molar-refractivity contribution is -0.154. The highest BCUT2D eigenvalue weighted by atomic mass is 31.2. The maximum atomic E-state index is 12.5. The SMILES string of the molecule is CC/C=C\C/C=C\C/C=C\CCCCCC(=O)OC(COCCCCCCCCCCCCCCCCCC)COP(=O)(O)OCC(O)CO. The predicted octanol–water partition coefficient (Wildman–Crippen LogP) is 10.5. The van der Waals surface area contributed by atoms with Gasteiger partial charge in [0, 0.05) is 13.0 Å². The van der Waals surface area contributed by atoms with Crippen LogP contribution in [0.25, 0.3) is 0 Å². The Bertz CT molecular complexity index is 877. The minimum Gasteiger partial charge on any atom is -0.457 e. The molecular weight excluding hydrogens is 655 g/mol. The molecule has 0 amide bonds. The van der Waals surface area contributed by atoms with Crippen LogP contribution in [0.1, 0.15) is 168 Å². The van der Waals surface area contributed by atoms with E-state index in [0.29, 0.717) is 13.0 Å². The Morgan fingerprint density at radius 1 is 0.640 bits per heavy atom. The minimum absolute atomic E-state index is 0.0396. The second kappa shape index (κ2) is 37.4. The van der Waals surface area contributed by atoms with Crippen LogP contribution in [-0.4, -0.2) is 66.3 Å². The number of esters is 1. The van der Waals surface area contributed by atoms with Crippen molar-refractivity contribution in [1.29, 1.82) is 0 Å². The zero-order valence-electron chi connectivity index (χ0n) is 31.9. The zero-order chi connectivity index (χ0) is 36.8. The molecule has 0 aromatic rings. The summed E-state index contributed by atoms with van der Waals surface area (Å²) in [5.74, 6) is -0.410. The molecule has 0 aliphatic heterocycles. The molecule has 10 heteroatoms.